The van der Waals surface area contributed by atoms with Crippen LogP contribution in [-0.2, 0) is 17.9 Å². The molecule has 0 radical (unpaired) electrons. The molecule has 1 aliphatic heterocycles. The summed E-state index contributed by atoms with van der Waals surface area (Å²) in [7, 11) is 0. The fourth-order valence-corrected chi connectivity index (χ4v) is 4.10. The highest BCUT2D eigenvalue weighted by Gasteiger charge is 2.26. The molecular formula is C24H27N3O2. The highest BCUT2D eigenvalue weighted by molar-refractivity contribution is 5.87. The van der Waals surface area contributed by atoms with Crippen LogP contribution in [-0.4, -0.2) is 23.9 Å². The molecule has 5 heteroatoms. The molecule has 1 amide bonds. The number of carbonyl (C=O) groups excluding carboxylic acids is 1. The van der Waals surface area contributed by atoms with Crippen LogP contribution in [0.4, 0.5) is 0 Å². The highest BCUT2D eigenvalue weighted by Crippen LogP contribution is 2.31. The molecule has 0 bridgehead atoms. The summed E-state index contributed by atoms with van der Waals surface area (Å²) in [4.78, 5) is 14.3. The van der Waals surface area contributed by atoms with Crippen LogP contribution in [0.3, 0.4) is 0 Å². The SMILES string of the molecule is NNC(=O)C1CCCN(Cc2c(OCc3ccccc3)ccc3ccccc23)C1. The minimum absolute atomic E-state index is 0.0580. The molecule has 4 rings (SSSR count). The van der Waals surface area contributed by atoms with Crippen molar-refractivity contribution in [3.05, 3.63) is 77.9 Å². The number of nitrogens with one attached hydrogen (secondary N) is 1. The zero-order chi connectivity index (χ0) is 20.1. The van der Waals surface area contributed by atoms with Gasteiger partial charge in [-0.3, -0.25) is 15.1 Å². The lowest BCUT2D eigenvalue weighted by atomic mass is 9.96. The van der Waals surface area contributed by atoms with Gasteiger partial charge in [-0.25, -0.2) is 5.84 Å². The molecule has 3 aromatic rings. The number of hydrazine groups is 1. The lowest BCUT2D eigenvalue weighted by Crippen LogP contribution is -2.44. The van der Waals surface area contributed by atoms with E-state index in [9.17, 15) is 4.79 Å². The number of piperidine rings is 1. The molecule has 150 valence electrons. The number of carbonyl (C=O) groups is 1. The van der Waals surface area contributed by atoms with Crippen molar-refractivity contribution in [3.63, 3.8) is 0 Å². The van der Waals surface area contributed by atoms with Gasteiger partial charge in [-0.05, 0) is 41.8 Å². The van der Waals surface area contributed by atoms with Crippen LogP contribution in [0.1, 0.15) is 24.0 Å². The number of hydrogen-bond acceptors (Lipinski definition) is 4. The molecule has 0 aromatic heterocycles. The van der Waals surface area contributed by atoms with Gasteiger partial charge in [0.15, 0.2) is 0 Å². The van der Waals surface area contributed by atoms with Crippen molar-refractivity contribution in [1.29, 1.82) is 0 Å². The van der Waals surface area contributed by atoms with Gasteiger partial charge in [0, 0.05) is 18.7 Å². The first-order valence-corrected chi connectivity index (χ1v) is 10.1. The number of ether oxygens (including phenoxy) is 1. The largest absolute Gasteiger partial charge is 0.489 e. The van der Waals surface area contributed by atoms with E-state index in [1.807, 2.05) is 18.2 Å². The van der Waals surface area contributed by atoms with Gasteiger partial charge in [-0.1, -0.05) is 60.7 Å². The van der Waals surface area contributed by atoms with Gasteiger partial charge in [-0.2, -0.15) is 0 Å². The van der Waals surface area contributed by atoms with E-state index in [0.29, 0.717) is 13.2 Å². The van der Waals surface area contributed by atoms with Gasteiger partial charge in [0.1, 0.15) is 12.4 Å². The molecule has 1 unspecified atom stereocenters. The third kappa shape index (κ3) is 4.58. The van der Waals surface area contributed by atoms with Crippen molar-refractivity contribution in [3.8, 4) is 5.75 Å². The van der Waals surface area contributed by atoms with Crippen LogP contribution in [0.15, 0.2) is 66.7 Å². The normalized spacial score (nSPS) is 17.2. The maximum absolute atomic E-state index is 12.0. The van der Waals surface area contributed by atoms with Crippen LogP contribution in [0.2, 0.25) is 0 Å². The van der Waals surface area contributed by atoms with Crippen molar-refractivity contribution >= 4 is 16.7 Å². The summed E-state index contributed by atoms with van der Waals surface area (Å²) in [5.41, 5.74) is 4.63. The first kappa shape index (κ1) is 19.4. The number of benzene rings is 3. The lowest BCUT2D eigenvalue weighted by Gasteiger charge is -2.32. The van der Waals surface area contributed by atoms with E-state index in [2.05, 4.69) is 58.9 Å². The van der Waals surface area contributed by atoms with Gasteiger partial charge in [0.2, 0.25) is 5.91 Å². The number of amides is 1. The topological polar surface area (TPSA) is 67.6 Å². The van der Waals surface area contributed by atoms with Crippen molar-refractivity contribution in [2.45, 2.75) is 26.0 Å². The van der Waals surface area contributed by atoms with E-state index in [1.54, 1.807) is 0 Å². The Kier molecular flexibility index (Phi) is 6.08. The molecule has 0 saturated carbocycles. The van der Waals surface area contributed by atoms with E-state index in [4.69, 9.17) is 10.6 Å². The van der Waals surface area contributed by atoms with Crippen molar-refractivity contribution in [2.75, 3.05) is 13.1 Å². The summed E-state index contributed by atoms with van der Waals surface area (Å²) in [6.07, 6.45) is 1.87. The molecule has 3 N–H and O–H groups in total. The van der Waals surface area contributed by atoms with Crippen LogP contribution in [0, 0.1) is 5.92 Å². The standard InChI is InChI=1S/C24H27N3O2/c25-26-24(28)20-10-6-14-27(15-20)16-22-21-11-5-4-9-19(21)12-13-23(22)29-17-18-7-2-1-3-8-18/h1-5,7-9,11-13,20H,6,10,14-17,25H2,(H,26,28). The summed E-state index contributed by atoms with van der Waals surface area (Å²) < 4.78 is 6.24. The fourth-order valence-electron chi connectivity index (χ4n) is 4.10. The molecule has 1 heterocycles. The smallest absolute Gasteiger partial charge is 0.238 e. The number of nitrogens with two attached hydrogens (primary N) is 1. The fraction of sp³-hybridized carbons (Fsp3) is 0.292. The number of hydrogen-bond donors (Lipinski definition) is 2. The van der Waals surface area contributed by atoms with Crippen molar-refractivity contribution in [1.82, 2.24) is 10.3 Å². The average molecular weight is 389 g/mol. The maximum Gasteiger partial charge on any atom is 0.238 e. The number of rotatable bonds is 6. The summed E-state index contributed by atoms with van der Waals surface area (Å²) >= 11 is 0. The molecule has 29 heavy (non-hydrogen) atoms. The average Bonchev–Trinajstić information content (AvgIpc) is 2.79. The second-order valence-corrected chi connectivity index (χ2v) is 7.62. The molecule has 3 aromatic carbocycles. The third-order valence-electron chi connectivity index (χ3n) is 5.64. The molecule has 1 aliphatic rings. The predicted octanol–water partition coefficient (Wildman–Crippen LogP) is 3.62. The number of nitrogens with zero attached hydrogens (tertiary/aromatic N) is 1. The Hall–Kier alpha value is -2.89. The Morgan fingerprint density at radius 3 is 2.69 bits per heavy atom. The Bertz CT molecular complexity index is 974. The molecular weight excluding hydrogens is 362 g/mol. The van der Waals surface area contributed by atoms with E-state index in [-0.39, 0.29) is 11.8 Å². The highest BCUT2D eigenvalue weighted by atomic mass is 16.5. The summed E-state index contributed by atoms with van der Waals surface area (Å²) in [6.45, 7) is 2.96. The molecule has 1 atom stereocenters. The Balaban J connectivity index is 1.59. The first-order valence-electron chi connectivity index (χ1n) is 10.1. The van der Waals surface area contributed by atoms with Gasteiger partial charge >= 0.3 is 0 Å². The third-order valence-corrected chi connectivity index (χ3v) is 5.64. The molecule has 0 spiro atoms. The van der Waals surface area contributed by atoms with E-state index >= 15 is 0 Å². The quantitative estimate of drug-likeness (QED) is 0.384. The minimum atomic E-state index is -0.0758. The summed E-state index contributed by atoms with van der Waals surface area (Å²) in [5, 5.41) is 2.39. The number of fused-ring (bicyclic) bond motifs is 1. The monoisotopic (exact) mass is 389 g/mol. The second-order valence-electron chi connectivity index (χ2n) is 7.62. The zero-order valence-corrected chi connectivity index (χ0v) is 16.5. The predicted molar refractivity (Wildman–Crippen MR) is 115 cm³/mol. The molecule has 1 fully saturated rings. The Morgan fingerprint density at radius 1 is 1.07 bits per heavy atom. The van der Waals surface area contributed by atoms with Crippen LogP contribution < -0.4 is 16.0 Å². The number of likely N-dealkylation sites (tertiary alicyclic amines) is 1. The van der Waals surface area contributed by atoms with Gasteiger partial charge in [0.05, 0.1) is 5.92 Å². The van der Waals surface area contributed by atoms with E-state index in [1.165, 1.54) is 16.3 Å². The van der Waals surface area contributed by atoms with E-state index < -0.39 is 0 Å². The minimum Gasteiger partial charge on any atom is -0.489 e. The molecule has 1 saturated heterocycles. The Labute approximate surface area is 171 Å². The van der Waals surface area contributed by atoms with Crippen LogP contribution >= 0.6 is 0 Å². The summed E-state index contributed by atoms with van der Waals surface area (Å²) in [5.74, 6) is 6.12. The van der Waals surface area contributed by atoms with E-state index in [0.717, 1.165) is 37.2 Å². The van der Waals surface area contributed by atoms with Gasteiger partial charge in [0.25, 0.3) is 0 Å². The van der Waals surface area contributed by atoms with Crippen LogP contribution in [0.5, 0.6) is 5.75 Å². The van der Waals surface area contributed by atoms with Gasteiger partial charge < -0.3 is 4.74 Å². The van der Waals surface area contributed by atoms with Crippen molar-refractivity contribution < 1.29 is 9.53 Å². The second kappa shape index (κ2) is 9.07. The Morgan fingerprint density at radius 2 is 1.86 bits per heavy atom. The maximum atomic E-state index is 12.0. The summed E-state index contributed by atoms with van der Waals surface area (Å²) in [6, 6.07) is 22.8. The first-order chi connectivity index (χ1) is 14.2. The van der Waals surface area contributed by atoms with Crippen molar-refractivity contribution in [2.24, 2.45) is 11.8 Å². The van der Waals surface area contributed by atoms with Crippen LogP contribution in [0.25, 0.3) is 10.8 Å². The zero-order valence-electron chi connectivity index (χ0n) is 16.5. The molecule has 5 nitrogen and oxygen atoms in total. The lowest BCUT2D eigenvalue weighted by molar-refractivity contribution is -0.126. The molecule has 0 aliphatic carbocycles. The van der Waals surface area contributed by atoms with Gasteiger partial charge in [-0.15, -0.1) is 0 Å².